The van der Waals surface area contributed by atoms with Crippen LogP contribution in [0.5, 0.6) is 0 Å². The van der Waals surface area contributed by atoms with Crippen molar-refractivity contribution < 1.29 is 19.1 Å². The highest BCUT2D eigenvalue weighted by molar-refractivity contribution is 5.76. The molecule has 0 aromatic rings. The third kappa shape index (κ3) is 13.1. The van der Waals surface area contributed by atoms with E-state index in [1.54, 1.807) is 6.92 Å². The fourth-order valence-electron chi connectivity index (χ4n) is 1.24. The summed E-state index contributed by atoms with van der Waals surface area (Å²) in [4.78, 5) is 21.9. The molecule has 106 valence electrons. The van der Waals surface area contributed by atoms with Crippen LogP contribution in [0.1, 0.15) is 33.6 Å². The van der Waals surface area contributed by atoms with Gasteiger partial charge in [-0.05, 0) is 12.8 Å². The van der Waals surface area contributed by atoms with Crippen LogP contribution in [0.2, 0.25) is 0 Å². The van der Waals surface area contributed by atoms with Crippen molar-refractivity contribution in [1.29, 1.82) is 0 Å². The quantitative estimate of drug-likeness (QED) is 0.566. The predicted octanol–water partition coefficient (Wildman–Crippen LogP) is 1.16. The first-order chi connectivity index (χ1) is 8.52. The van der Waals surface area contributed by atoms with Crippen LogP contribution in [0.4, 0.5) is 0 Å². The Hall–Kier alpha value is -0.940. The van der Waals surface area contributed by atoms with Crippen LogP contribution >= 0.6 is 0 Å². The molecule has 0 fully saturated rings. The summed E-state index contributed by atoms with van der Waals surface area (Å²) in [6, 6.07) is 0. The van der Waals surface area contributed by atoms with Crippen LogP contribution in [0.15, 0.2) is 0 Å². The van der Waals surface area contributed by atoms with Crippen LogP contribution < -0.4 is 5.32 Å². The standard InChI is InChI=1S/C13H25NO4/c1-11(2)10-13(16)14-5-7-18-9-8-17-6-4-12(3)15/h11H,4-10H2,1-3H3,(H,14,16). The van der Waals surface area contributed by atoms with Gasteiger partial charge in [0.2, 0.25) is 5.91 Å². The molecule has 0 rings (SSSR count). The number of hydrogen-bond acceptors (Lipinski definition) is 4. The monoisotopic (exact) mass is 259 g/mol. The lowest BCUT2D eigenvalue weighted by atomic mass is 10.1. The number of Topliss-reactive ketones (excluding diaryl/α,β-unsaturated/α-hetero) is 1. The van der Waals surface area contributed by atoms with E-state index in [2.05, 4.69) is 5.32 Å². The largest absolute Gasteiger partial charge is 0.379 e. The Morgan fingerprint density at radius 3 is 2.22 bits per heavy atom. The van der Waals surface area contributed by atoms with Gasteiger partial charge in [0.05, 0.1) is 26.4 Å². The number of carbonyl (C=O) groups excluding carboxylic acids is 2. The maximum Gasteiger partial charge on any atom is 0.220 e. The average molecular weight is 259 g/mol. The molecule has 5 nitrogen and oxygen atoms in total. The van der Waals surface area contributed by atoms with Gasteiger partial charge in [0, 0.05) is 19.4 Å². The van der Waals surface area contributed by atoms with Crippen molar-refractivity contribution in [1.82, 2.24) is 5.32 Å². The zero-order valence-corrected chi connectivity index (χ0v) is 11.7. The number of hydrogen-bond donors (Lipinski definition) is 1. The van der Waals surface area contributed by atoms with Gasteiger partial charge in [0.1, 0.15) is 5.78 Å². The molecule has 18 heavy (non-hydrogen) atoms. The van der Waals surface area contributed by atoms with Crippen LogP contribution in [-0.2, 0) is 19.1 Å². The van der Waals surface area contributed by atoms with Gasteiger partial charge >= 0.3 is 0 Å². The van der Waals surface area contributed by atoms with E-state index in [1.807, 2.05) is 13.8 Å². The molecule has 0 bridgehead atoms. The fraction of sp³-hybridized carbons (Fsp3) is 0.846. The third-order valence-electron chi connectivity index (χ3n) is 2.13. The van der Waals surface area contributed by atoms with E-state index in [9.17, 15) is 9.59 Å². The Morgan fingerprint density at radius 1 is 1.06 bits per heavy atom. The highest BCUT2D eigenvalue weighted by Crippen LogP contribution is 1.97. The Kier molecular flexibility index (Phi) is 10.6. The van der Waals surface area contributed by atoms with E-state index >= 15 is 0 Å². The van der Waals surface area contributed by atoms with E-state index < -0.39 is 0 Å². The Labute approximate surface area is 109 Å². The summed E-state index contributed by atoms with van der Waals surface area (Å²) in [5.74, 6) is 0.565. The molecule has 5 heteroatoms. The van der Waals surface area contributed by atoms with Crippen molar-refractivity contribution in [3.8, 4) is 0 Å². The first kappa shape index (κ1) is 17.1. The lowest BCUT2D eigenvalue weighted by Crippen LogP contribution is -2.28. The van der Waals surface area contributed by atoms with Gasteiger partial charge in [-0.2, -0.15) is 0 Å². The molecule has 1 N–H and O–H groups in total. The zero-order valence-electron chi connectivity index (χ0n) is 11.7. The summed E-state index contributed by atoms with van der Waals surface area (Å²) in [5.41, 5.74) is 0. The first-order valence-corrected chi connectivity index (χ1v) is 6.44. The number of ether oxygens (including phenoxy) is 2. The number of amides is 1. The highest BCUT2D eigenvalue weighted by Gasteiger charge is 2.03. The van der Waals surface area contributed by atoms with Crippen LogP contribution in [0.25, 0.3) is 0 Å². The second kappa shape index (κ2) is 11.2. The molecule has 0 spiro atoms. The molecule has 0 saturated carbocycles. The van der Waals surface area contributed by atoms with Crippen molar-refractivity contribution in [3.05, 3.63) is 0 Å². The Bertz CT molecular complexity index is 241. The van der Waals surface area contributed by atoms with E-state index in [4.69, 9.17) is 9.47 Å². The summed E-state index contributed by atoms with van der Waals surface area (Å²) in [7, 11) is 0. The molecule has 0 atom stereocenters. The maximum atomic E-state index is 11.3. The molecular formula is C13H25NO4. The molecule has 0 aromatic heterocycles. The molecule has 0 saturated heterocycles. The SMILES string of the molecule is CC(=O)CCOCCOCCNC(=O)CC(C)C. The van der Waals surface area contributed by atoms with Crippen molar-refractivity contribution in [2.45, 2.75) is 33.6 Å². The number of carbonyl (C=O) groups is 2. The van der Waals surface area contributed by atoms with Crippen LogP contribution in [0.3, 0.4) is 0 Å². The maximum absolute atomic E-state index is 11.3. The van der Waals surface area contributed by atoms with Crippen molar-refractivity contribution in [2.24, 2.45) is 5.92 Å². The first-order valence-electron chi connectivity index (χ1n) is 6.44. The van der Waals surface area contributed by atoms with Crippen molar-refractivity contribution >= 4 is 11.7 Å². The predicted molar refractivity (Wildman–Crippen MR) is 69.4 cm³/mol. The minimum absolute atomic E-state index is 0.0614. The molecule has 0 unspecified atom stereocenters. The van der Waals surface area contributed by atoms with Gasteiger partial charge < -0.3 is 14.8 Å². The van der Waals surface area contributed by atoms with Gasteiger partial charge in [0.25, 0.3) is 0 Å². The van der Waals surface area contributed by atoms with Gasteiger partial charge in [-0.25, -0.2) is 0 Å². The molecule has 1 amide bonds. The second-order valence-corrected chi connectivity index (χ2v) is 4.62. The Balaban J connectivity index is 3.16. The topological polar surface area (TPSA) is 64.6 Å². The van der Waals surface area contributed by atoms with Gasteiger partial charge in [-0.3, -0.25) is 9.59 Å². The van der Waals surface area contributed by atoms with Crippen LogP contribution in [-0.4, -0.2) is 44.7 Å². The lowest BCUT2D eigenvalue weighted by molar-refractivity contribution is -0.122. The van der Waals surface area contributed by atoms with E-state index in [0.717, 1.165) is 0 Å². The zero-order chi connectivity index (χ0) is 13.8. The van der Waals surface area contributed by atoms with Gasteiger partial charge in [0.15, 0.2) is 0 Å². The van der Waals surface area contributed by atoms with E-state index in [1.165, 1.54) is 0 Å². The van der Waals surface area contributed by atoms with Gasteiger partial charge in [-0.15, -0.1) is 0 Å². The fourth-order valence-corrected chi connectivity index (χ4v) is 1.24. The normalized spacial score (nSPS) is 10.7. The lowest BCUT2D eigenvalue weighted by Gasteiger charge is -2.08. The summed E-state index contributed by atoms with van der Waals surface area (Å²) >= 11 is 0. The smallest absolute Gasteiger partial charge is 0.220 e. The molecule has 0 heterocycles. The second-order valence-electron chi connectivity index (χ2n) is 4.62. The third-order valence-corrected chi connectivity index (χ3v) is 2.13. The minimum atomic E-state index is 0.0614. The Morgan fingerprint density at radius 2 is 1.67 bits per heavy atom. The molecule has 0 radical (unpaired) electrons. The summed E-state index contributed by atoms with van der Waals surface area (Å²) in [5, 5.41) is 2.78. The minimum Gasteiger partial charge on any atom is -0.379 e. The molecule has 0 aliphatic rings. The highest BCUT2D eigenvalue weighted by atomic mass is 16.5. The van der Waals surface area contributed by atoms with Crippen LogP contribution in [0, 0.1) is 5.92 Å². The molecule has 0 aromatic carbocycles. The molecule has 0 aliphatic heterocycles. The number of ketones is 1. The number of nitrogens with one attached hydrogen (secondary N) is 1. The van der Waals surface area contributed by atoms with E-state index in [-0.39, 0.29) is 11.7 Å². The molecule has 0 aliphatic carbocycles. The summed E-state index contributed by atoms with van der Waals surface area (Å²) in [6.07, 6.45) is 0.999. The molecular weight excluding hydrogens is 234 g/mol. The van der Waals surface area contributed by atoms with Crippen molar-refractivity contribution in [2.75, 3.05) is 33.0 Å². The summed E-state index contributed by atoms with van der Waals surface area (Å²) in [6.45, 7) is 7.98. The number of rotatable bonds is 11. The average Bonchev–Trinajstić information content (AvgIpc) is 2.25. The van der Waals surface area contributed by atoms with Crippen molar-refractivity contribution in [3.63, 3.8) is 0 Å². The van der Waals surface area contributed by atoms with Gasteiger partial charge in [-0.1, -0.05) is 13.8 Å². The van der Waals surface area contributed by atoms with E-state index in [0.29, 0.717) is 51.7 Å². The summed E-state index contributed by atoms with van der Waals surface area (Å²) < 4.78 is 10.5.